The third kappa shape index (κ3) is 3.05. The highest BCUT2D eigenvalue weighted by atomic mass is 16.5. The molecular formula is C30H22O3. The van der Waals surface area contributed by atoms with Crippen LogP contribution in [0.5, 0.6) is 11.5 Å². The van der Waals surface area contributed by atoms with Crippen LogP contribution in [-0.2, 0) is 0 Å². The van der Waals surface area contributed by atoms with E-state index in [-0.39, 0.29) is 0 Å². The third-order valence-corrected chi connectivity index (χ3v) is 6.29. The van der Waals surface area contributed by atoms with Gasteiger partial charge in [0.15, 0.2) is 0 Å². The van der Waals surface area contributed by atoms with Crippen LogP contribution in [0.2, 0.25) is 0 Å². The van der Waals surface area contributed by atoms with Crippen molar-refractivity contribution in [2.75, 3.05) is 14.2 Å². The molecule has 0 bridgehead atoms. The molecule has 0 spiro atoms. The van der Waals surface area contributed by atoms with E-state index >= 15 is 0 Å². The van der Waals surface area contributed by atoms with Gasteiger partial charge in [-0.3, -0.25) is 0 Å². The molecule has 0 aromatic heterocycles. The van der Waals surface area contributed by atoms with E-state index in [1.165, 1.54) is 21.9 Å². The molecule has 3 heteroatoms. The van der Waals surface area contributed by atoms with Gasteiger partial charge in [-0.15, -0.1) is 0 Å². The topological polar surface area (TPSA) is 31.6 Å². The van der Waals surface area contributed by atoms with E-state index in [1.807, 2.05) is 36.4 Å². The van der Waals surface area contributed by atoms with Crippen molar-refractivity contribution in [2.45, 2.75) is 0 Å². The van der Waals surface area contributed by atoms with Crippen molar-refractivity contribution in [2.24, 2.45) is 0 Å². The van der Waals surface area contributed by atoms with Crippen molar-refractivity contribution in [3.8, 4) is 45.1 Å². The largest absolute Gasteiger partial charge is 0.497 e. The number of methoxy groups -OCH3 is 2. The summed E-state index contributed by atoms with van der Waals surface area (Å²) in [6, 6.07) is 33.2. The molecule has 0 fully saturated rings. The molecule has 1 heterocycles. The summed E-state index contributed by atoms with van der Waals surface area (Å²) in [6.07, 6.45) is 0. The van der Waals surface area contributed by atoms with Crippen molar-refractivity contribution in [3.63, 3.8) is 0 Å². The fraction of sp³-hybridized carbons (Fsp3) is 0.0667. The lowest BCUT2D eigenvalue weighted by atomic mass is 9.94. The Morgan fingerprint density at radius 2 is 1.00 bits per heavy atom. The molecule has 0 amide bonds. The average Bonchev–Trinajstić information content (AvgIpc) is 3.24. The molecule has 0 saturated heterocycles. The smallest absolute Gasteiger partial charge is 0.143 e. The van der Waals surface area contributed by atoms with Crippen LogP contribution in [-0.4, -0.2) is 14.2 Å². The highest BCUT2D eigenvalue weighted by molar-refractivity contribution is 6.23. The van der Waals surface area contributed by atoms with Gasteiger partial charge in [0.2, 0.25) is 0 Å². The highest BCUT2D eigenvalue weighted by Crippen LogP contribution is 2.52. The van der Waals surface area contributed by atoms with Gasteiger partial charge in [0.25, 0.3) is 0 Å². The lowest BCUT2D eigenvalue weighted by Gasteiger charge is -2.14. The first-order chi connectivity index (χ1) is 16.3. The molecule has 160 valence electrons. The molecule has 0 radical (unpaired) electrons. The molecule has 0 saturated carbocycles. The van der Waals surface area contributed by atoms with Gasteiger partial charge in [-0.05, 0) is 64.4 Å². The van der Waals surface area contributed by atoms with Crippen molar-refractivity contribution in [1.82, 2.24) is 0 Å². The highest BCUT2D eigenvalue weighted by Gasteiger charge is 2.26. The third-order valence-electron chi connectivity index (χ3n) is 6.29. The fourth-order valence-corrected chi connectivity index (χ4v) is 4.74. The molecular weight excluding hydrogens is 408 g/mol. The average molecular weight is 431 g/mol. The number of benzene rings is 4. The van der Waals surface area contributed by atoms with E-state index in [0.717, 1.165) is 44.9 Å². The summed E-state index contributed by atoms with van der Waals surface area (Å²) < 4.78 is 17.3. The Hall–Kier alpha value is -4.24. The predicted octanol–water partition coefficient (Wildman–Crippen LogP) is 8.04. The Balaban J connectivity index is 1.75. The van der Waals surface area contributed by atoms with Gasteiger partial charge in [-0.2, -0.15) is 0 Å². The van der Waals surface area contributed by atoms with Crippen molar-refractivity contribution < 1.29 is 13.9 Å². The standard InChI is InChI=1S/C30H22O3/c1-31-21-15-11-19(12-16-21)27-23-7-3-4-8-24(23)29-28(27)25-9-5-6-10-26(25)33-30(29)20-13-17-22(32-2)18-14-20/h3-18H,1-2H3. The van der Waals surface area contributed by atoms with Crippen LogP contribution in [0, 0.1) is 0 Å². The quantitative estimate of drug-likeness (QED) is 0.284. The number of rotatable bonds is 4. The van der Waals surface area contributed by atoms with Crippen molar-refractivity contribution in [3.05, 3.63) is 97.1 Å². The summed E-state index contributed by atoms with van der Waals surface area (Å²) in [6.45, 7) is 0. The van der Waals surface area contributed by atoms with Crippen LogP contribution in [0.25, 0.3) is 55.3 Å². The maximum Gasteiger partial charge on any atom is 0.143 e. The molecule has 3 nitrogen and oxygen atoms in total. The van der Waals surface area contributed by atoms with Gasteiger partial charge in [0.1, 0.15) is 22.8 Å². The summed E-state index contributed by atoms with van der Waals surface area (Å²) in [7, 11) is 3.37. The number of hydrogen-bond acceptors (Lipinski definition) is 3. The molecule has 4 aromatic rings. The zero-order valence-corrected chi connectivity index (χ0v) is 18.5. The predicted molar refractivity (Wildman–Crippen MR) is 134 cm³/mol. The van der Waals surface area contributed by atoms with Gasteiger partial charge in [0, 0.05) is 22.1 Å². The molecule has 0 atom stereocenters. The molecule has 33 heavy (non-hydrogen) atoms. The number of fused-ring (bicyclic) bond motifs is 5. The lowest BCUT2D eigenvalue weighted by molar-refractivity contribution is 0.414. The van der Waals surface area contributed by atoms with Crippen LogP contribution in [0.15, 0.2) is 101 Å². The summed E-state index contributed by atoms with van der Waals surface area (Å²) in [5, 5.41) is 3.49. The second-order valence-corrected chi connectivity index (χ2v) is 8.05. The lowest BCUT2D eigenvalue weighted by Crippen LogP contribution is -1.90. The Morgan fingerprint density at radius 1 is 0.485 bits per heavy atom. The molecule has 4 aromatic carbocycles. The van der Waals surface area contributed by atoms with Gasteiger partial charge in [0.05, 0.1) is 14.2 Å². The van der Waals surface area contributed by atoms with Crippen molar-refractivity contribution in [1.29, 1.82) is 0 Å². The Labute approximate surface area is 192 Å². The van der Waals surface area contributed by atoms with E-state index in [1.54, 1.807) is 14.2 Å². The Morgan fingerprint density at radius 3 is 1.61 bits per heavy atom. The summed E-state index contributed by atoms with van der Waals surface area (Å²) >= 11 is 0. The van der Waals surface area contributed by atoms with Gasteiger partial charge in [-0.1, -0.05) is 54.6 Å². The molecule has 0 unspecified atom stereocenters. The molecule has 2 aliphatic rings. The summed E-state index contributed by atoms with van der Waals surface area (Å²) in [5.41, 5.74) is 6.57. The van der Waals surface area contributed by atoms with Crippen LogP contribution in [0.1, 0.15) is 0 Å². The van der Waals surface area contributed by atoms with Crippen LogP contribution in [0.3, 0.4) is 0 Å². The van der Waals surface area contributed by atoms with Crippen LogP contribution >= 0.6 is 0 Å². The number of ether oxygens (including phenoxy) is 2. The van der Waals surface area contributed by atoms with Crippen molar-refractivity contribution >= 4 is 21.7 Å². The fourth-order valence-electron chi connectivity index (χ4n) is 4.74. The zero-order valence-electron chi connectivity index (χ0n) is 18.5. The van der Waals surface area contributed by atoms with E-state index in [9.17, 15) is 0 Å². The van der Waals surface area contributed by atoms with Crippen LogP contribution < -0.4 is 9.47 Å². The Kier molecular flexibility index (Phi) is 4.55. The zero-order chi connectivity index (χ0) is 22.4. The SMILES string of the molecule is COc1ccc(-c2oc3ccccc3c3c(-c4ccc(OC)cc4)c4ccccc4c2-3)cc1. The summed E-state index contributed by atoms with van der Waals surface area (Å²) in [5.74, 6) is 2.53. The molecule has 0 N–H and O–H groups in total. The maximum atomic E-state index is 6.57. The maximum absolute atomic E-state index is 6.57. The van der Waals surface area contributed by atoms with Gasteiger partial charge in [-0.25, -0.2) is 0 Å². The first-order valence-corrected chi connectivity index (χ1v) is 10.9. The minimum Gasteiger partial charge on any atom is -0.497 e. The monoisotopic (exact) mass is 430 g/mol. The minimum absolute atomic E-state index is 0.821. The van der Waals surface area contributed by atoms with E-state index in [2.05, 4.69) is 60.7 Å². The number of hydrogen-bond donors (Lipinski definition) is 0. The molecule has 1 aliphatic heterocycles. The van der Waals surface area contributed by atoms with E-state index in [4.69, 9.17) is 13.9 Å². The van der Waals surface area contributed by atoms with E-state index in [0.29, 0.717) is 0 Å². The first kappa shape index (κ1) is 19.4. The molecule has 1 aliphatic carbocycles. The first-order valence-electron chi connectivity index (χ1n) is 10.9. The minimum atomic E-state index is 0.821. The van der Waals surface area contributed by atoms with Gasteiger partial charge >= 0.3 is 0 Å². The summed E-state index contributed by atoms with van der Waals surface area (Å²) in [4.78, 5) is 0. The van der Waals surface area contributed by atoms with Crippen LogP contribution in [0.4, 0.5) is 0 Å². The molecule has 6 rings (SSSR count). The normalized spacial score (nSPS) is 11.3. The second-order valence-electron chi connectivity index (χ2n) is 8.05. The van der Waals surface area contributed by atoms with E-state index < -0.39 is 0 Å². The second kappa shape index (κ2) is 7.72. The van der Waals surface area contributed by atoms with Gasteiger partial charge < -0.3 is 13.9 Å². The Bertz CT molecular complexity index is 1560. The number of para-hydroxylation sites is 1.